The van der Waals surface area contributed by atoms with Crippen LogP contribution in [0.1, 0.15) is 47.1 Å². The first-order valence-electron chi connectivity index (χ1n) is 7.70. The first-order chi connectivity index (χ1) is 11.2. The summed E-state index contributed by atoms with van der Waals surface area (Å²) >= 11 is 0. The van der Waals surface area contributed by atoms with E-state index in [9.17, 15) is 14.7 Å². The molecule has 0 aliphatic carbocycles. The van der Waals surface area contributed by atoms with Gasteiger partial charge in [-0.25, -0.2) is 5.01 Å². The summed E-state index contributed by atoms with van der Waals surface area (Å²) in [6.07, 6.45) is 0. The van der Waals surface area contributed by atoms with Gasteiger partial charge < -0.3 is 5.11 Å². The van der Waals surface area contributed by atoms with Crippen molar-refractivity contribution in [2.24, 2.45) is 0 Å². The molecule has 0 bridgehead atoms. The van der Waals surface area contributed by atoms with Crippen LogP contribution in [0.5, 0.6) is 5.75 Å². The summed E-state index contributed by atoms with van der Waals surface area (Å²) in [7, 11) is 0. The average Bonchev–Trinajstić information content (AvgIpc) is 2.51. The Kier molecular flexibility index (Phi) is 4.93. The van der Waals surface area contributed by atoms with Crippen molar-refractivity contribution >= 4 is 11.8 Å². The maximum absolute atomic E-state index is 12.8. The molecule has 0 saturated carbocycles. The van der Waals surface area contributed by atoms with E-state index in [1.165, 1.54) is 29.3 Å². The van der Waals surface area contributed by atoms with Crippen LogP contribution in [-0.4, -0.2) is 27.5 Å². The molecule has 0 aliphatic rings. The van der Waals surface area contributed by atoms with E-state index in [1.54, 1.807) is 12.1 Å². The summed E-state index contributed by atoms with van der Waals surface area (Å²) < 4.78 is 0. The first-order valence-corrected chi connectivity index (χ1v) is 7.70. The molecule has 2 N–H and O–H groups in total. The third-order valence-electron chi connectivity index (χ3n) is 3.48. The van der Waals surface area contributed by atoms with Crippen LogP contribution in [0, 0.1) is 6.92 Å². The molecule has 126 valence electrons. The fourth-order valence-corrected chi connectivity index (χ4v) is 2.21. The number of hydrogen-bond donors (Lipinski definition) is 2. The number of nitrogens with zero attached hydrogens (tertiary/aromatic N) is 1. The van der Waals surface area contributed by atoms with Crippen LogP contribution < -0.4 is 5.43 Å². The Labute approximate surface area is 141 Å². The number of hydrogen-bond acceptors (Lipinski definition) is 3. The predicted octanol–water partition coefficient (Wildman–Crippen LogP) is 3.29. The van der Waals surface area contributed by atoms with Crippen molar-refractivity contribution in [3.8, 4) is 5.75 Å². The minimum absolute atomic E-state index is 0.0788. The van der Waals surface area contributed by atoms with E-state index in [1.807, 2.05) is 39.8 Å². The molecule has 2 aromatic carbocycles. The molecule has 0 radical (unpaired) electrons. The number of amides is 2. The molecule has 5 heteroatoms. The summed E-state index contributed by atoms with van der Waals surface area (Å²) in [5.41, 5.74) is 3.91. The topological polar surface area (TPSA) is 69.6 Å². The van der Waals surface area contributed by atoms with E-state index in [2.05, 4.69) is 5.43 Å². The molecule has 0 saturated heterocycles. The largest absolute Gasteiger partial charge is 0.508 e. The van der Waals surface area contributed by atoms with Crippen molar-refractivity contribution in [3.05, 3.63) is 65.2 Å². The Morgan fingerprint density at radius 2 is 1.62 bits per heavy atom. The monoisotopic (exact) mass is 326 g/mol. The highest BCUT2D eigenvalue weighted by Crippen LogP contribution is 2.17. The Balaban J connectivity index is 2.27. The Morgan fingerprint density at radius 1 is 1.00 bits per heavy atom. The van der Waals surface area contributed by atoms with Gasteiger partial charge in [-0.2, -0.15) is 0 Å². The maximum atomic E-state index is 12.8. The first kappa shape index (κ1) is 17.5. The number of carbonyl (C=O) groups excluding carboxylic acids is 2. The quantitative estimate of drug-likeness (QED) is 0.832. The van der Waals surface area contributed by atoms with Crippen molar-refractivity contribution in [2.45, 2.75) is 33.2 Å². The van der Waals surface area contributed by atoms with Crippen LogP contribution >= 0.6 is 0 Å². The zero-order valence-electron chi connectivity index (χ0n) is 14.3. The van der Waals surface area contributed by atoms with Gasteiger partial charge in [0.05, 0.1) is 5.54 Å². The molecule has 0 aliphatic heterocycles. The van der Waals surface area contributed by atoms with Crippen LogP contribution in [0.4, 0.5) is 0 Å². The van der Waals surface area contributed by atoms with Gasteiger partial charge in [-0.05, 0) is 64.1 Å². The van der Waals surface area contributed by atoms with E-state index < -0.39 is 11.4 Å². The third kappa shape index (κ3) is 4.13. The van der Waals surface area contributed by atoms with Crippen LogP contribution in [0.3, 0.4) is 0 Å². The highest BCUT2D eigenvalue weighted by molar-refractivity contribution is 5.99. The fourth-order valence-electron chi connectivity index (χ4n) is 2.21. The lowest BCUT2D eigenvalue weighted by molar-refractivity contribution is 0.0358. The summed E-state index contributed by atoms with van der Waals surface area (Å²) in [6.45, 7) is 7.45. The standard InChI is InChI=1S/C19H22N2O3/c1-13-6-5-7-15(12-13)18(24)21(19(2,3)4)20-17(23)14-8-10-16(22)11-9-14/h5-12,22H,1-4H3,(H,20,23). The van der Waals surface area contributed by atoms with E-state index in [0.29, 0.717) is 11.1 Å². The van der Waals surface area contributed by atoms with E-state index in [4.69, 9.17) is 0 Å². The van der Waals surface area contributed by atoms with Crippen LogP contribution in [0.2, 0.25) is 0 Å². The highest BCUT2D eigenvalue weighted by Gasteiger charge is 2.29. The van der Waals surface area contributed by atoms with Gasteiger partial charge in [-0.1, -0.05) is 17.7 Å². The zero-order chi connectivity index (χ0) is 17.9. The van der Waals surface area contributed by atoms with Gasteiger partial charge >= 0.3 is 0 Å². The molecule has 0 fully saturated rings. The van der Waals surface area contributed by atoms with Gasteiger partial charge in [-0.3, -0.25) is 15.0 Å². The molecule has 5 nitrogen and oxygen atoms in total. The van der Waals surface area contributed by atoms with E-state index >= 15 is 0 Å². The van der Waals surface area contributed by atoms with Crippen molar-refractivity contribution in [2.75, 3.05) is 0 Å². The maximum Gasteiger partial charge on any atom is 0.272 e. The van der Waals surface area contributed by atoms with Crippen LogP contribution in [0.15, 0.2) is 48.5 Å². The van der Waals surface area contributed by atoms with Crippen molar-refractivity contribution in [1.29, 1.82) is 0 Å². The fraction of sp³-hybridized carbons (Fsp3) is 0.263. The third-order valence-corrected chi connectivity index (χ3v) is 3.48. The van der Waals surface area contributed by atoms with Crippen molar-refractivity contribution in [1.82, 2.24) is 10.4 Å². The van der Waals surface area contributed by atoms with Gasteiger partial charge in [0.1, 0.15) is 5.75 Å². The summed E-state index contributed by atoms with van der Waals surface area (Å²) in [5, 5.41) is 10.6. The number of hydrazine groups is 1. The number of carbonyl (C=O) groups is 2. The Morgan fingerprint density at radius 3 is 2.17 bits per heavy atom. The molecule has 2 rings (SSSR count). The predicted molar refractivity (Wildman–Crippen MR) is 92.7 cm³/mol. The molecule has 24 heavy (non-hydrogen) atoms. The normalized spacial score (nSPS) is 11.0. The van der Waals surface area contributed by atoms with Crippen molar-refractivity contribution in [3.63, 3.8) is 0 Å². The second-order valence-corrected chi connectivity index (χ2v) is 6.67. The second kappa shape index (κ2) is 6.74. The molecular weight excluding hydrogens is 304 g/mol. The molecule has 0 spiro atoms. The smallest absolute Gasteiger partial charge is 0.272 e. The number of phenolic OH excluding ortho intramolecular Hbond substituents is 1. The lowest BCUT2D eigenvalue weighted by Crippen LogP contribution is -2.55. The summed E-state index contributed by atoms with van der Waals surface area (Å²) in [4.78, 5) is 25.3. The summed E-state index contributed by atoms with van der Waals surface area (Å²) in [6, 6.07) is 13.1. The molecule has 2 amide bonds. The Hall–Kier alpha value is -2.82. The van der Waals surface area contributed by atoms with Gasteiger partial charge in [0, 0.05) is 11.1 Å². The van der Waals surface area contributed by atoms with E-state index in [0.717, 1.165) is 5.56 Å². The van der Waals surface area contributed by atoms with Crippen molar-refractivity contribution < 1.29 is 14.7 Å². The van der Waals surface area contributed by atoms with Gasteiger partial charge in [0.2, 0.25) is 0 Å². The molecule has 0 aromatic heterocycles. The molecule has 0 heterocycles. The molecule has 0 unspecified atom stereocenters. The lowest BCUT2D eigenvalue weighted by Gasteiger charge is -2.35. The van der Waals surface area contributed by atoms with Crippen LogP contribution in [-0.2, 0) is 0 Å². The van der Waals surface area contributed by atoms with Crippen LogP contribution in [0.25, 0.3) is 0 Å². The lowest BCUT2D eigenvalue weighted by atomic mass is 10.1. The minimum atomic E-state index is -0.604. The number of nitrogens with one attached hydrogen (secondary N) is 1. The molecule has 2 aromatic rings. The number of phenols is 1. The zero-order valence-corrected chi connectivity index (χ0v) is 14.3. The molecular formula is C19H22N2O3. The number of rotatable bonds is 2. The SMILES string of the molecule is Cc1cccc(C(=O)N(NC(=O)c2ccc(O)cc2)C(C)(C)C)c1. The highest BCUT2D eigenvalue weighted by atomic mass is 16.3. The second-order valence-electron chi connectivity index (χ2n) is 6.67. The number of benzene rings is 2. The van der Waals surface area contributed by atoms with Gasteiger partial charge in [0.25, 0.3) is 11.8 Å². The number of aryl methyl sites for hydroxylation is 1. The summed E-state index contributed by atoms with van der Waals surface area (Å²) in [5.74, 6) is -0.612. The van der Waals surface area contributed by atoms with Gasteiger partial charge in [-0.15, -0.1) is 0 Å². The minimum Gasteiger partial charge on any atom is -0.508 e. The Bertz CT molecular complexity index is 746. The van der Waals surface area contributed by atoms with E-state index in [-0.39, 0.29) is 11.7 Å². The average molecular weight is 326 g/mol. The van der Waals surface area contributed by atoms with Gasteiger partial charge in [0.15, 0.2) is 0 Å². The molecule has 0 atom stereocenters. The number of aromatic hydroxyl groups is 1.